The van der Waals surface area contributed by atoms with E-state index in [-0.39, 0.29) is 6.04 Å². The van der Waals surface area contributed by atoms with E-state index < -0.39 is 11.8 Å². The number of nitrogens with zero attached hydrogens (tertiary/aromatic N) is 2. The van der Waals surface area contributed by atoms with Crippen molar-refractivity contribution in [2.24, 2.45) is 0 Å². The molecule has 2 rings (SSSR count). The number of benzene rings is 1. The van der Waals surface area contributed by atoms with Gasteiger partial charge in [0.15, 0.2) is 0 Å². The summed E-state index contributed by atoms with van der Waals surface area (Å²) < 4.78 is 0. The van der Waals surface area contributed by atoms with Gasteiger partial charge in [0.2, 0.25) is 0 Å². The second-order valence-corrected chi connectivity index (χ2v) is 6.52. The van der Waals surface area contributed by atoms with Crippen molar-refractivity contribution in [3.05, 3.63) is 24.3 Å². The lowest BCUT2D eigenvalue weighted by Crippen LogP contribution is -2.47. The van der Waals surface area contributed by atoms with Crippen molar-refractivity contribution in [2.75, 3.05) is 38.8 Å². The first-order chi connectivity index (χ1) is 10.5. The van der Waals surface area contributed by atoms with Gasteiger partial charge in [-0.1, -0.05) is 6.07 Å². The number of likely N-dealkylation sites (tertiary alicyclic amines) is 1. The van der Waals surface area contributed by atoms with E-state index in [1.54, 1.807) is 29.8 Å². The van der Waals surface area contributed by atoms with Crippen molar-refractivity contribution in [2.45, 2.75) is 23.8 Å². The molecule has 120 valence electrons. The largest absolute Gasteiger partial charge is 0.334 e. The first kappa shape index (κ1) is 16.8. The van der Waals surface area contributed by atoms with Crippen molar-refractivity contribution in [3.63, 3.8) is 0 Å². The van der Waals surface area contributed by atoms with Crippen LogP contribution in [0.15, 0.2) is 29.2 Å². The number of carbonyl (C=O) groups is 2. The molecule has 1 aliphatic rings. The van der Waals surface area contributed by atoms with E-state index in [0.29, 0.717) is 5.69 Å². The summed E-state index contributed by atoms with van der Waals surface area (Å²) >= 11 is 1.60. The Morgan fingerprint density at radius 2 is 2.00 bits per heavy atom. The normalized spacial score (nSPS) is 16.3. The van der Waals surface area contributed by atoms with Crippen LogP contribution in [0.1, 0.15) is 12.8 Å². The van der Waals surface area contributed by atoms with Gasteiger partial charge in [-0.15, -0.1) is 11.8 Å². The summed E-state index contributed by atoms with van der Waals surface area (Å²) in [7, 11) is 3.79. The van der Waals surface area contributed by atoms with Gasteiger partial charge in [-0.2, -0.15) is 0 Å². The minimum atomic E-state index is -0.570. The highest BCUT2D eigenvalue weighted by Gasteiger charge is 2.27. The monoisotopic (exact) mass is 321 g/mol. The summed E-state index contributed by atoms with van der Waals surface area (Å²) in [6.45, 7) is 1.92. The molecule has 1 saturated heterocycles. The molecule has 2 amide bonds. The van der Waals surface area contributed by atoms with Crippen LogP contribution in [0, 0.1) is 0 Å². The topological polar surface area (TPSA) is 52.7 Å². The molecule has 0 saturated carbocycles. The number of piperidine rings is 1. The maximum Gasteiger partial charge on any atom is 0.313 e. The number of anilines is 1. The highest BCUT2D eigenvalue weighted by atomic mass is 32.2. The minimum absolute atomic E-state index is 0.145. The molecule has 1 heterocycles. The van der Waals surface area contributed by atoms with Gasteiger partial charge >= 0.3 is 11.8 Å². The van der Waals surface area contributed by atoms with Crippen LogP contribution in [-0.2, 0) is 9.59 Å². The van der Waals surface area contributed by atoms with Gasteiger partial charge in [-0.25, -0.2) is 0 Å². The molecule has 0 atom stereocenters. The number of nitrogens with one attached hydrogen (secondary N) is 1. The average molecular weight is 321 g/mol. The van der Waals surface area contributed by atoms with E-state index in [1.165, 1.54) is 0 Å². The molecule has 5 nitrogen and oxygen atoms in total. The summed E-state index contributed by atoms with van der Waals surface area (Å²) in [4.78, 5) is 29.3. The smallest absolute Gasteiger partial charge is 0.313 e. The molecule has 0 bridgehead atoms. The zero-order valence-corrected chi connectivity index (χ0v) is 14.2. The van der Waals surface area contributed by atoms with Gasteiger partial charge in [0.25, 0.3) is 0 Å². The van der Waals surface area contributed by atoms with Crippen LogP contribution in [0.2, 0.25) is 0 Å². The molecule has 22 heavy (non-hydrogen) atoms. The van der Waals surface area contributed by atoms with Crippen LogP contribution in [0.5, 0.6) is 0 Å². The molecule has 0 aliphatic carbocycles. The van der Waals surface area contributed by atoms with Gasteiger partial charge < -0.3 is 15.1 Å². The average Bonchev–Trinajstić information content (AvgIpc) is 2.54. The van der Waals surface area contributed by atoms with Gasteiger partial charge in [-0.3, -0.25) is 9.59 Å². The predicted molar refractivity (Wildman–Crippen MR) is 90.1 cm³/mol. The summed E-state index contributed by atoms with van der Waals surface area (Å²) in [6.07, 6.45) is 3.79. The van der Waals surface area contributed by atoms with Crippen LogP contribution in [-0.4, -0.2) is 61.1 Å². The first-order valence-electron chi connectivity index (χ1n) is 7.42. The lowest BCUT2D eigenvalue weighted by atomic mass is 10.0. The second kappa shape index (κ2) is 7.65. The zero-order valence-electron chi connectivity index (χ0n) is 13.3. The SMILES string of the molecule is CSc1cccc(NC(=O)C(=O)N(C)C2CCN(C)CC2)c1. The Morgan fingerprint density at radius 3 is 2.64 bits per heavy atom. The number of rotatable bonds is 3. The second-order valence-electron chi connectivity index (χ2n) is 5.64. The molecule has 1 aliphatic heterocycles. The summed E-state index contributed by atoms with van der Waals surface area (Å²) in [5.74, 6) is -1.04. The predicted octanol–water partition coefficient (Wildman–Crippen LogP) is 1.90. The molecule has 0 radical (unpaired) electrons. The molecule has 0 aromatic heterocycles. The van der Waals surface area contributed by atoms with Gasteiger partial charge in [0.05, 0.1) is 0 Å². The Hall–Kier alpha value is -1.53. The number of likely N-dealkylation sites (N-methyl/N-ethyl adjacent to an activating group) is 1. The third-order valence-corrected chi connectivity index (χ3v) is 4.80. The van der Waals surface area contributed by atoms with Gasteiger partial charge in [-0.05, 0) is 57.4 Å². The van der Waals surface area contributed by atoms with Crippen molar-refractivity contribution in [3.8, 4) is 0 Å². The molecular formula is C16H23N3O2S. The molecule has 1 aromatic carbocycles. The number of hydrogen-bond acceptors (Lipinski definition) is 4. The van der Waals surface area contributed by atoms with Crippen LogP contribution in [0.4, 0.5) is 5.69 Å². The van der Waals surface area contributed by atoms with Crippen LogP contribution in [0.3, 0.4) is 0 Å². The Morgan fingerprint density at radius 1 is 1.32 bits per heavy atom. The summed E-state index contributed by atoms with van der Waals surface area (Å²) in [5.41, 5.74) is 0.655. The lowest BCUT2D eigenvalue weighted by molar-refractivity contribution is -0.144. The van der Waals surface area contributed by atoms with Gasteiger partial charge in [0.1, 0.15) is 0 Å². The van der Waals surface area contributed by atoms with E-state index >= 15 is 0 Å². The van der Waals surface area contributed by atoms with E-state index in [9.17, 15) is 9.59 Å². The fraction of sp³-hybridized carbons (Fsp3) is 0.500. The van der Waals surface area contributed by atoms with E-state index in [1.807, 2.05) is 24.5 Å². The van der Waals surface area contributed by atoms with Crippen molar-refractivity contribution >= 4 is 29.3 Å². The third kappa shape index (κ3) is 4.24. The Balaban J connectivity index is 1.94. The quantitative estimate of drug-likeness (QED) is 0.682. The van der Waals surface area contributed by atoms with E-state index in [2.05, 4.69) is 17.3 Å². The summed E-state index contributed by atoms with van der Waals surface area (Å²) in [6, 6.07) is 7.64. The maximum absolute atomic E-state index is 12.3. The zero-order chi connectivity index (χ0) is 16.1. The maximum atomic E-state index is 12.3. The molecule has 6 heteroatoms. The van der Waals surface area contributed by atoms with E-state index in [4.69, 9.17) is 0 Å². The standard InChI is InChI=1S/C16H23N3O2S/c1-18-9-7-13(8-10-18)19(2)16(21)15(20)17-12-5-4-6-14(11-12)22-3/h4-6,11,13H,7-10H2,1-3H3,(H,17,20). The molecule has 1 aromatic rings. The van der Waals surface area contributed by atoms with Crippen molar-refractivity contribution in [1.29, 1.82) is 0 Å². The molecular weight excluding hydrogens is 298 g/mol. The molecule has 0 unspecified atom stereocenters. The third-order valence-electron chi connectivity index (χ3n) is 4.08. The van der Waals surface area contributed by atoms with Crippen LogP contribution < -0.4 is 5.32 Å². The van der Waals surface area contributed by atoms with E-state index in [0.717, 1.165) is 30.8 Å². The minimum Gasteiger partial charge on any atom is -0.334 e. The number of hydrogen-bond donors (Lipinski definition) is 1. The van der Waals surface area contributed by atoms with Gasteiger partial charge in [0, 0.05) is 23.7 Å². The van der Waals surface area contributed by atoms with Crippen molar-refractivity contribution in [1.82, 2.24) is 9.80 Å². The fourth-order valence-electron chi connectivity index (χ4n) is 2.59. The molecule has 1 fully saturated rings. The Kier molecular flexibility index (Phi) is 5.85. The lowest BCUT2D eigenvalue weighted by Gasteiger charge is -2.34. The Bertz CT molecular complexity index is 542. The first-order valence-corrected chi connectivity index (χ1v) is 8.64. The number of thioether (sulfide) groups is 1. The molecule has 0 spiro atoms. The van der Waals surface area contributed by atoms with Crippen molar-refractivity contribution < 1.29 is 9.59 Å². The summed E-state index contributed by atoms with van der Waals surface area (Å²) in [5, 5.41) is 2.69. The van der Waals surface area contributed by atoms with Crippen LogP contribution in [0.25, 0.3) is 0 Å². The Labute approximate surface area is 136 Å². The number of carbonyl (C=O) groups excluding carboxylic acids is 2. The number of amides is 2. The highest BCUT2D eigenvalue weighted by Crippen LogP contribution is 2.19. The fourth-order valence-corrected chi connectivity index (χ4v) is 3.05. The molecule has 1 N–H and O–H groups in total. The van der Waals surface area contributed by atoms with Crippen LogP contribution >= 0.6 is 11.8 Å². The highest BCUT2D eigenvalue weighted by molar-refractivity contribution is 7.98.